The minimum absolute atomic E-state index is 0.305. The van der Waals surface area contributed by atoms with E-state index in [0.717, 1.165) is 18.8 Å². The summed E-state index contributed by atoms with van der Waals surface area (Å²) in [6.07, 6.45) is 0. The fourth-order valence-electron chi connectivity index (χ4n) is 2.64. The summed E-state index contributed by atoms with van der Waals surface area (Å²) in [5.41, 5.74) is -0.0634. The van der Waals surface area contributed by atoms with Gasteiger partial charge >= 0.3 is 5.97 Å². The number of benzene rings is 1. The van der Waals surface area contributed by atoms with Crippen LogP contribution in [0.25, 0.3) is 0 Å². The van der Waals surface area contributed by atoms with Crippen LogP contribution in [0.1, 0.15) is 41.5 Å². The zero-order valence-electron chi connectivity index (χ0n) is 16.3. The number of carbonyl (C=O) groups excluding carboxylic acids is 1. The number of nitrogens with zero attached hydrogens (tertiary/aromatic N) is 2. The molecule has 0 saturated carbocycles. The number of carbonyl (C=O) groups is 1. The Morgan fingerprint density at radius 3 is 2.16 bits per heavy atom. The third-order valence-corrected chi connectivity index (χ3v) is 3.61. The molecular weight excluding hydrogens is 320 g/mol. The summed E-state index contributed by atoms with van der Waals surface area (Å²) in [5.74, 6) is 0.820. The van der Waals surface area contributed by atoms with E-state index in [1.54, 1.807) is 26.0 Å². The minimum atomic E-state index is -1.15. The number of rotatable bonds is 9. The normalized spacial score (nSPS) is 11.6. The van der Waals surface area contributed by atoms with Gasteiger partial charge in [-0.3, -0.25) is 0 Å². The van der Waals surface area contributed by atoms with Crippen molar-refractivity contribution in [3.05, 3.63) is 23.1 Å². The van der Waals surface area contributed by atoms with Gasteiger partial charge in [-0.1, -0.05) is 27.7 Å². The maximum atomic E-state index is 11.8. The molecule has 0 N–H and O–H groups in total. The van der Waals surface area contributed by atoms with Gasteiger partial charge in [0, 0.05) is 19.2 Å². The first kappa shape index (κ1) is 20.9. The summed E-state index contributed by atoms with van der Waals surface area (Å²) < 4.78 is 10.4. The summed E-state index contributed by atoms with van der Waals surface area (Å²) in [6.45, 7) is 13.4. The first-order valence-electron chi connectivity index (χ1n) is 8.60. The van der Waals surface area contributed by atoms with E-state index in [4.69, 9.17) is 9.47 Å². The largest absolute Gasteiger partial charge is 0.476 e. The third-order valence-electron chi connectivity index (χ3n) is 3.61. The Bertz CT molecular complexity index is 587. The monoisotopic (exact) mass is 350 g/mol. The molecule has 0 atom stereocenters. The van der Waals surface area contributed by atoms with Gasteiger partial charge < -0.3 is 14.4 Å². The number of esters is 1. The SMILES string of the molecule is COC(=O)C(C)(C)Oc1ccc(N(CC(C)C)CC(C)C)c(N=O)c1. The van der Waals surface area contributed by atoms with E-state index in [1.165, 1.54) is 7.11 Å². The van der Waals surface area contributed by atoms with Gasteiger partial charge in [-0.15, -0.1) is 4.91 Å². The number of ether oxygens (including phenoxy) is 2. The van der Waals surface area contributed by atoms with Gasteiger partial charge in [0.1, 0.15) is 11.4 Å². The molecule has 0 radical (unpaired) electrons. The van der Waals surface area contributed by atoms with Crippen molar-refractivity contribution in [2.75, 3.05) is 25.1 Å². The number of anilines is 1. The molecule has 0 aliphatic rings. The number of nitroso groups, excluding NO2 is 1. The fourth-order valence-corrected chi connectivity index (χ4v) is 2.64. The maximum Gasteiger partial charge on any atom is 0.349 e. The predicted octanol–water partition coefficient (Wildman–Crippen LogP) is 4.53. The first-order valence-corrected chi connectivity index (χ1v) is 8.60. The predicted molar refractivity (Wildman–Crippen MR) is 101 cm³/mol. The van der Waals surface area contributed by atoms with Crippen LogP contribution in [0.15, 0.2) is 23.4 Å². The maximum absolute atomic E-state index is 11.8. The lowest BCUT2D eigenvalue weighted by atomic mass is 10.1. The van der Waals surface area contributed by atoms with E-state index in [-0.39, 0.29) is 0 Å². The van der Waals surface area contributed by atoms with E-state index in [9.17, 15) is 9.70 Å². The van der Waals surface area contributed by atoms with Gasteiger partial charge in [-0.2, -0.15) is 0 Å². The van der Waals surface area contributed by atoms with Crippen LogP contribution in [-0.2, 0) is 9.53 Å². The van der Waals surface area contributed by atoms with Gasteiger partial charge in [-0.05, 0) is 43.0 Å². The van der Waals surface area contributed by atoms with Crippen LogP contribution in [0, 0.1) is 16.7 Å². The van der Waals surface area contributed by atoms with Crippen LogP contribution in [-0.4, -0.2) is 31.8 Å². The Hall–Kier alpha value is -2.11. The van der Waals surface area contributed by atoms with Crippen molar-refractivity contribution in [1.82, 2.24) is 0 Å². The molecule has 0 amide bonds. The van der Waals surface area contributed by atoms with Crippen LogP contribution in [0.2, 0.25) is 0 Å². The molecule has 1 aromatic carbocycles. The van der Waals surface area contributed by atoms with E-state index in [0.29, 0.717) is 23.3 Å². The molecule has 6 nitrogen and oxygen atoms in total. The fraction of sp³-hybridized carbons (Fsp3) is 0.632. The van der Waals surface area contributed by atoms with Gasteiger partial charge in [-0.25, -0.2) is 4.79 Å². The highest BCUT2D eigenvalue weighted by molar-refractivity contribution is 5.79. The molecule has 140 valence electrons. The van der Waals surface area contributed by atoms with Crippen molar-refractivity contribution in [2.24, 2.45) is 17.0 Å². The molecule has 6 heteroatoms. The zero-order valence-corrected chi connectivity index (χ0v) is 16.3. The Labute approximate surface area is 150 Å². The van der Waals surface area contributed by atoms with Crippen molar-refractivity contribution in [3.8, 4) is 5.75 Å². The molecule has 0 spiro atoms. The van der Waals surface area contributed by atoms with Crippen molar-refractivity contribution in [1.29, 1.82) is 0 Å². The first-order chi connectivity index (χ1) is 11.6. The van der Waals surface area contributed by atoms with Gasteiger partial charge in [0.25, 0.3) is 0 Å². The van der Waals surface area contributed by atoms with Crippen LogP contribution in [0.4, 0.5) is 11.4 Å². The molecule has 25 heavy (non-hydrogen) atoms. The summed E-state index contributed by atoms with van der Waals surface area (Å²) >= 11 is 0. The van der Waals surface area contributed by atoms with Crippen LogP contribution >= 0.6 is 0 Å². The number of methoxy groups -OCH3 is 1. The second kappa shape index (κ2) is 8.83. The molecule has 1 rings (SSSR count). The average Bonchev–Trinajstić information content (AvgIpc) is 2.51. The Morgan fingerprint density at radius 2 is 1.72 bits per heavy atom. The lowest BCUT2D eigenvalue weighted by Crippen LogP contribution is -2.39. The number of hydrogen-bond donors (Lipinski definition) is 0. The Kier molecular flexibility index (Phi) is 7.39. The average molecular weight is 350 g/mol. The molecule has 0 saturated heterocycles. The second-order valence-electron chi connectivity index (χ2n) is 7.54. The van der Waals surface area contributed by atoms with Gasteiger partial charge in [0.2, 0.25) is 0 Å². The van der Waals surface area contributed by atoms with Crippen LogP contribution < -0.4 is 9.64 Å². The highest BCUT2D eigenvalue weighted by Gasteiger charge is 2.31. The van der Waals surface area contributed by atoms with E-state index < -0.39 is 11.6 Å². The lowest BCUT2D eigenvalue weighted by Gasteiger charge is -2.29. The van der Waals surface area contributed by atoms with Crippen molar-refractivity contribution >= 4 is 17.3 Å². The molecule has 0 bridgehead atoms. The zero-order chi connectivity index (χ0) is 19.2. The van der Waals surface area contributed by atoms with Crippen LogP contribution in [0.3, 0.4) is 0 Å². The minimum Gasteiger partial charge on any atom is -0.476 e. The molecule has 0 aliphatic carbocycles. The summed E-state index contributed by atoms with van der Waals surface area (Å²) in [4.78, 5) is 25.3. The lowest BCUT2D eigenvalue weighted by molar-refractivity contribution is -0.156. The summed E-state index contributed by atoms with van der Waals surface area (Å²) in [6, 6.07) is 5.15. The highest BCUT2D eigenvalue weighted by atomic mass is 16.6. The van der Waals surface area contributed by atoms with Crippen LogP contribution in [0.5, 0.6) is 5.75 Å². The molecule has 0 heterocycles. The second-order valence-corrected chi connectivity index (χ2v) is 7.54. The summed E-state index contributed by atoms with van der Waals surface area (Å²) in [5, 5.41) is 3.17. The van der Waals surface area contributed by atoms with E-state index in [1.807, 2.05) is 6.07 Å². The smallest absolute Gasteiger partial charge is 0.349 e. The van der Waals surface area contributed by atoms with Crippen molar-refractivity contribution in [2.45, 2.75) is 47.1 Å². The number of hydrogen-bond acceptors (Lipinski definition) is 6. The molecule has 0 aromatic heterocycles. The molecule has 1 aromatic rings. The van der Waals surface area contributed by atoms with Crippen molar-refractivity contribution in [3.63, 3.8) is 0 Å². The van der Waals surface area contributed by atoms with Crippen molar-refractivity contribution < 1.29 is 14.3 Å². The van der Waals surface area contributed by atoms with Gasteiger partial charge in [0.05, 0.1) is 12.8 Å². The summed E-state index contributed by atoms with van der Waals surface area (Å²) in [7, 11) is 1.31. The molecular formula is C19H30N2O4. The van der Waals surface area contributed by atoms with E-state index >= 15 is 0 Å². The molecule has 0 fully saturated rings. The Balaban J connectivity index is 3.15. The standard InChI is InChI=1S/C19H30N2O4/c1-13(2)11-21(12-14(3)4)17-9-8-15(10-16(17)20-23)25-19(5,6)18(22)24-7/h8-10,13-14H,11-12H2,1-7H3. The molecule has 0 unspecified atom stereocenters. The quantitative estimate of drug-likeness (QED) is 0.483. The Morgan fingerprint density at radius 1 is 1.16 bits per heavy atom. The topological polar surface area (TPSA) is 68.2 Å². The highest BCUT2D eigenvalue weighted by Crippen LogP contribution is 2.34. The van der Waals surface area contributed by atoms with E-state index in [2.05, 4.69) is 37.8 Å². The molecule has 0 aliphatic heterocycles. The van der Waals surface area contributed by atoms with Gasteiger partial charge in [0.15, 0.2) is 5.60 Å². The third kappa shape index (κ3) is 6.03.